The Hall–Kier alpha value is -1.20. The van der Waals surface area contributed by atoms with Gasteiger partial charge in [-0.1, -0.05) is 11.8 Å². The fourth-order valence-corrected chi connectivity index (χ4v) is 2.72. The average Bonchev–Trinajstić information content (AvgIpc) is 2.72. The molecule has 0 radical (unpaired) electrons. The summed E-state index contributed by atoms with van der Waals surface area (Å²) in [6, 6.07) is 2.17. The summed E-state index contributed by atoms with van der Waals surface area (Å²) in [7, 11) is 1.80. The average molecular weight is 285 g/mol. The van der Waals surface area contributed by atoms with Crippen molar-refractivity contribution >= 4 is 28.4 Å². The highest BCUT2D eigenvalue weighted by Crippen LogP contribution is 2.22. The molecule has 98 valence electrons. The van der Waals surface area contributed by atoms with E-state index in [2.05, 4.69) is 21.6 Å². The predicted octanol–water partition coefficient (Wildman–Crippen LogP) is 1.48. The van der Waals surface area contributed by atoms with Crippen LogP contribution in [0.5, 0.6) is 0 Å². The van der Waals surface area contributed by atoms with Gasteiger partial charge in [-0.25, -0.2) is 4.68 Å². The lowest BCUT2D eigenvalue weighted by Gasteiger charge is -2.13. The molecule has 1 aromatic heterocycles. The minimum Gasteiger partial charge on any atom is -0.479 e. The molecule has 0 amide bonds. The summed E-state index contributed by atoms with van der Waals surface area (Å²) < 4.78 is 7.35. The topological polar surface area (TPSA) is 76.6 Å². The van der Waals surface area contributed by atoms with E-state index in [0.29, 0.717) is 17.4 Å². The summed E-state index contributed by atoms with van der Waals surface area (Å²) in [5, 5.41) is 20.2. The first-order valence-electron chi connectivity index (χ1n) is 5.59. The lowest BCUT2D eigenvalue weighted by Crippen LogP contribution is -2.10. The fourth-order valence-electron chi connectivity index (χ4n) is 1.34. The third kappa shape index (κ3) is 4.98. The van der Waals surface area contributed by atoms with Gasteiger partial charge in [0.15, 0.2) is 5.82 Å². The van der Waals surface area contributed by atoms with Gasteiger partial charge in [0, 0.05) is 25.1 Å². The second-order valence-corrected chi connectivity index (χ2v) is 5.44. The molecular formula is C10H15N5OS2. The van der Waals surface area contributed by atoms with Gasteiger partial charge in [-0.3, -0.25) is 0 Å². The van der Waals surface area contributed by atoms with E-state index in [9.17, 15) is 0 Å². The van der Waals surface area contributed by atoms with Crippen molar-refractivity contribution in [1.82, 2.24) is 20.2 Å². The highest BCUT2D eigenvalue weighted by atomic mass is 32.2. The number of nitriles is 1. The highest BCUT2D eigenvalue weighted by Gasteiger charge is 2.14. The lowest BCUT2D eigenvalue weighted by atomic mass is 10.2. The fraction of sp³-hybridized carbons (Fsp3) is 0.700. The molecule has 0 aromatic carbocycles. The minimum atomic E-state index is 0.116. The van der Waals surface area contributed by atoms with Gasteiger partial charge in [0.05, 0.1) is 12.7 Å². The summed E-state index contributed by atoms with van der Waals surface area (Å²) in [5.74, 6) is 0.806. The summed E-state index contributed by atoms with van der Waals surface area (Å²) in [5.41, 5.74) is 0. The molecule has 0 aliphatic heterocycles. The van der Waals surface area contributed by atoms with Gasteiger partial charge < -0.3 is 4.74 Å². The number of aryl methyl sites for hydroxylation is 2. The van der Waals surface area contributed by atoms with Crippen LogP contribution in [0.1, 0.15) is 25.6 Å². The molecule has 1 heterocycles. The number of nitrogens with zero attached hydrogens (tertiary/aromatic N) is 5. The van der Waals surface area contributed by atoms with Gasteiger partial charge in [0.25, 0.3) is 0 Å². The first-order valence-corrected chi connectivity index (χ1v) is 6.87. The standard InChI is InChI=1S/C10H15N5OS2/c1-3-16-10(17)18-8(6-7-11)4-5-9-12-13-14-15(9)2/h8H,3-6H2,1-2H3. The number of hydrogen-bond donors (Lipinski definition) is 0. The van der Waals surface area contributed by atoms with Gasteiger partial charge in [0.1, 0.15) is 0 Å². The molecule has 0 bridgehead atoms. The van der Waals surface area contributed by atoms with E-state index in [-0.39, 0.29) is 5.25 Å². The maximum absolute atomic E-state index is 8.80. The Bertz CT molecular complexity index is 428. The molecule has 0 aliphatic carbocycles. The van der Waals surface area contributed by atoms with E-state index in [1.54, 1.807) is 11.7 Å². The van der Waals surface area contributed by atoms with Gasteiger partial charge in [-0.2, -0.15) is 5.26 Å². The van der Waals surface area contributed by atoms with Crippen LogP contribution in [-0.2, 0) is 18.2 Å². The van der Waals surface area contributed by atoms with Crippen LogP contribution in [0.25, 0.3) is 0 Å². The van der Waals surface area contributed by atoms with Crippen molar-refractivity contribution in [2.24, 2.45) is 7.05 Å². The molecule has 8 heteroatoms. The summed E-state index contributed by atoms with van der Waals surface area (Å²) in [6.07, 6.45) is 1.94. The minimum absolute atomic E-state index is 0.116. The number of hydrogen-bond acceptors (Lipinski definition) is 7. The van der Waals surface area contributed by atoms with E-state index >= 15 is 0 Å². The van der Waals surface area contributed by atoms with E-state index in [4.69, 9.17) is 22.2 Å². The van der Waals surface area contributed by atoms with Gasteiger partial charge >= 0.3 is 0 Å². The number of aromatic nitrogens is 4. The zero-order valence-electron chi connectivity index (χ0n) is 10.4. The number of ether oxygens (including phenoxy) is 1. The smallest absolute Gasteiger partial charge is 0.220 e. The van der Waals surface area contributed by atoms with Crippen LogP contribution in [0.3, 0.4) is 0 Å². The molecular weight excluding hydrogens is 270 g/mol. The number of tetrazole rings is 1. The van der Waals surface area contributed by atoms with Crippen LogP contribution >= 0.6 is 24.0 Å². The van der Waals surface area contributed by atoms with E-state index in [1.807, 2.05) is 6.92 Å². The van der Waals surface area contributed by atoms with E-state index in [1.165, 1.54) is 11.8 Å². The Morgan fingerprint density at radius 1 is 1.67 bits per heavy atom. The predicted molar refractivity (Wildman–Crippen MR) is 73.0 cm³/mol. The Kier molecular flexibility index (Phi) is 6.60. The van der Waals surface area contributed by atoms with Crippen molar-refractivity contribution in [2.75, 3.05) is 6.61 Å². The molecule has 0 saturated carbocycles. The van der Waals surface area contributed by atoms with Crippen LogP contribution in [0, 0.1) is 11.3 Å². The second-order valence-electron chi connectivity index (χ2n) is 3.54. The molecule has 18 heavy (non-hydrogen) atoms. The van der Waals surface area contributed by atoms with E-state index in [0.717, 1.165) is 18.7 Å². The quantitative estimate of drug-likeness (QED) is 0.733. The monoisotopic (exact) mass is 285 g/mol. The van der Waals surface area contributed by atoms with Gasteiger partial charge in [-0.05, 0) is 36.0 Å². The summed E-state index contributed by atoms with van der Waals surface area (Å²) in [6.45, 7) is 2.44. The number of thioether (sulfide) groups is 1. The van der Waals surface area contributed by atoms with Crippen LogP contribution in [-0.4, -0.2) is 36.4 Å². The van der Waals surface area contributed by atoms with Crippen molar-refractivity contribution in [3.63, 3.8) is 0 Å². The summed E-state index contributed by atoms with van der Waals surface area (Å²) >= 11 is 6.50. The molecule has 1 aromatic rings. The van der Waals surface area contributed by atoms with E-state index < -0.39 is 0 Å². The lowest BCUT2D eigenvalue weighted by molar-refractivity contribution is 0.346. The van der Waals surface area contributed by atoms with Crippen LogP contribution < -0.4 is 0 Å². The van der Waals surface area contributed by atoms with Crippen molar-refractivity contribution < 1.29 is 4.74 Å². The molecule has 1 rings (SSSR count). The van der Waals surface area contributed by atoms with Gasteiger partial charge in [0.2, 0.25) is 4.38 Å². The van der Waals surface area contributed by atoms with Crippen LogP contribution in [0.2, 0.25) is 0 Å². The Morgan fingerprint density at radius 3 is 3.00 bits per heavy atom. The SMILES string of the molecule is CCOC(=S)SC(CC#N)CCc1nnnn1C. The first-order chi connectivity index (χ1) is 8.67. The Balaban J connectivity index is 2.45. The zero-order valence-corrected chi connectivity index (χ0v) is 12.0. The molecule has 1 atom stereocenters. The Morgan fingerprint density at radius 2 is 2.44 bits per heavy atom. The van der Waals surface area contributed by atoms with Crippen LogP contribution in [0.15, 0.2) is 0 Å². The third-order valence-corrected chi connectivity index (χ3v) is 3.69. The van der Waals surface area contributed by atoms with Crippen molar-refractivity contribution in [1.29, 1.82) is 5.26 Å². The maximum atomic E-state index is 8.80. The summed E-state index contributed by atoms with van der Waals surface area (Å²) in [4.78, 5) is 0. The molecule has 6 nitrogen and oxygen atoms in total. The molecule has 0 saturated heterocycles. The number of thiocarbonyl (C=S) groups is 1. The van der Waals surface area contributed by atoms with Crippen molar-refractivity contribution in [3.05, 3.63) is 5.82 Å². The van der Waals surface area contributed by atoms with Gasteiger partial charge in [-0.15, -0.1) is 5.10 Å². The van der Waals surface area contributed by atoms with Crippen molar-refractivity contribution in [3.8, 4) is 6.07 Å². The first kappa shape index (κ1) is 14.9. The maximum Gasteiger partial charge on any atom is 0.220 e. The van der Waals surface area contributed by atoms with Crippen LogP contribution in [0.4, 0.5) is 0 Å². The van der Waals surface area contributed by atoms with Crippen molar-refractivity contribution in [2.45, 2.75) is 31.4 Å². The third-order valence-electron chi connectivity index (χ3n) is 2.24. The number of rotatable bonds is 6. The molecule has 0 fully saturated rings. The molecule has 0 N–H and O–H groups in total. The molecule has 0 spiro atoms. The zero-order chi connectivity index (χ0) is 13.4. The molecule has 0 aliphatic rings. The second kappa shape index (κ2) is 8.00. The Labute approximate surface area is 116 Å². The normalized spacial score (nSPS) is 11.8. The highest BCUT2D eigenvalue weighted by molar-refractivity contribution is 8.23. The largest absolute Gasteiger partial charge is 0.479 e. The molecule has 1 unspecified atom stereocenters.